The van der Waals surface area contributed by atoms with Crippen LogP contribution in [0.2, 0.25) is 0 Å². The zero-order chi connectivity index (χ0) is 12.2. The Bertz CT molecular complexity index is 175. The maximum Gasteiger partial charge on any atom is 0.305 e. The van der Waals surface area contributed by atoms with Gasteiger partial charge in [0.05, 0.1) is 14.2 Å². The van der Waals surface area contributed by atoms with Crippen LogP contribution in [-0.4, -0.2) is 32.0 Å². The summed E-state index contributed by atoms with van der Waals surface area (Å²) in [4.78, 5) is 15.2. The lowest BCUT2D eigenvalue weighted by molar-refractivity contribution is -0.140. The number of hydrogen-bond acceptors (Lipinski definition) is 5. The van der Waals surface area contributed by atoms with Crippen molar-refractivity contribution in [3.8, 4) is 0 Å². The van der Waals surface area contributed by atoms with Crippen LogP contribution in [0.15, 0.2) is 0 Å². The number of ether oxygens (including phenoxy) is 1. The number of nitrogens with zero attached hydrogens (tertiary/aromatic N) is 1. The standard InChI is InChI=1S/C11H22NO4/c1-15-11(13)9-7-5-3-4-6-8-10-12(14)16-2/h3-10H2,1-2H3/q-1. The molecule has 0 aromatic rings. The first kappa shape index (κ1) is 15.3. The molecule has 0 rings (SSSR count). The van der Waals surface area contributed by atoms with Gasteiger partial charge in [-0.3, -0.25) is 10.0 Å². The van der Waals surface area contributed by atoms with E-state index in [0.717, 1.165) is 38.5 Å². The lowest BCUT2D eigenvalue weighted by Crippen LogP contribution is -2.15. The van der Waals surface area contributed by atoms with E-state index in [1.165, 1.54) is 14.2 Å². The van der Waals surface area contributed by atoms with Crippen LogP contribution in [0.1, 0.15) is 44.9 Å². The van der Waals surface area contributed by atoms with E-state index in [0.29, 0.717) is 18.2 Å². The second kappa shape index (κ2) is 10.9. The van der Waals surface area contributed by atoms with Gasteiger partial charge in [0.1, 0.15) is 0 Å². The molecule has 0 aliphatic carbocycles. The first-order valence-electron chi connectivity index (χ1n) is 5.76. The molecule has 0 aliphatic heterocycles. The Kier molecular flexibility index (Phi) is 10.4. The van der Waals surface area contributed by atoms with E-state index in [1.807, 2.05) is 0 Å². The summed E-state index contributed by atoms with van der Waals surface area (Å²) in [5, 5.41) is 11.3. The topological polar surface area (TPSA) is 61.8 Å². The molecular weight excluding hydrogens is 210 g/mol. The second-order valence-corrected chi connectivity index (χ2v) is 3.69. The highest BCUT2D eigenvalue weighted by atomic mass is 16.9. The maximum atomic E-state index is 10.8. The van der Waals surface area contributed by atoms with Crippen LogP contribution in [0.3, 0.4) is 0 Å². The quantitative estimate of drug-likeness (QED) is 0.328. The third kappa shape index (κ3) is 9.89. The van der Waals surface area contributed by atoms with E-state index in [-0.39, 0.29) is 5.97 Å². The fourth-order valence-corrected chi connectivity index (χ4v) is 1.41. The number of hydrogen-bond donors (Lipinski definition) is 0. The highest BCUT2D eigenvalue weighted by Crippen LogP contribution is 2.08. The third-order valence-corrected chi connectivity index (χ3v) is 2.40. The van der Waals surface area contributed by atoms with Gasteiger partial charge in [0.15, 0.2) is 0 Å². The molecule has 5 heteroatoms. The van der Waals surface area contributed by atoms with Gasteiger partial charge in [0, 0.05) is 13.0 Å². The molecule has 0 aromatic carbocycles. The molecule has 0 spiro atoms. The van der Waals surface area contributed by atoms with Gasteiger partial charge in [-0.2, -0.15) is 0 Å². The highest BCUT2D eigenvalue weighted by molar-refractivity contribution is 5.68. The summed E-state index contributed by atoms with van der Waals surface area (Å²) in [6.07, 6.45) is 6.52. The number of unbranched alkanes of at least 4 members (excludes halogenated alkanes) is 5. The lowest BCUT2D eigenvalue weighted by atomic mass is 10.1. The van der Waals surface area contributed by atoms with Gasteiger partial charge >= 0.3 is 5.97 Å². The van der Waals surface area contributed by atoms with E-state index in [4.69, 9.17) is 0 Å². The van der Waals surface area contributed by atoms with Crippen LogP contribution in [0.5, 0.6) is 0 Å². The number of methoxy groups -OCH3 is 1. The van der Waals surface area contributed by atoms with E-state index in [9.17, 15) is 10.0 Å². The number of esters is 1. The Morgan fingerprint density at radius 2 is 1.62 bits per heavy atom. The van der Waals surface area contributed by atoms with Crippen LogP contribution >= 0.6 is 0 Å². The predicted molar refractivity (Wildman–Crippen MR) is 61.4 cm³/mol. The highest BCUT2D eigenvalue weighted by Gasteiger charge is 1.98. The zero-order valence-corrected chi connectivity index (χ0v) is 10.2. The summed E-state index contributed by atoms with van der Waals surface area (Å²) in [5.41, 5.74) is 0. The van der Waals surface area contributed by atoms with Crippen LogP contribution in [0.4, 0.5) is 0 Å². The molecule has 0 atom stereocenters. The molecule has 0 bridgehead atoms. The lowest BCUT2D eigenvalue weighted by Gasteiger charge is -2.24. The molecule has 0 aromatic heterocycles. The van der Waals surface area contributed by atoms with E-state index < -0.39 is 0 Å². The fourth-order valence-electron chi connectivity index (χ4n) is 1.41. The van der Waals surface area contributed by atoms with Crippen molar-refractivity contribution in [2.75, 3.05) is 20.8 Å². The molecule has 0 aliphatic rings. The average molecular weight is 232 g/mol. The van der Waals surface area contributed by atoms with Crippen molar-refractivity contribution < 1.29 is 14.4 Å². The van der Waals surface area contributed by atoms with Crippen molar-refractivity contribution in [1.82, 2.24) is 5.23 Å². The van der Waals surface area contributed by atoms with Crippen LogP contribution < -0.4 is 0 Å². The van der Waals surface area contributed by atoms with E-state index >= 15 is 0 Å². The zero-order valence-electron chi connectivity index (χ0n) is 10.2. The van der Waals surface area contributed by atoms with Crippen LogP contribution in [-0.2, 0) is 14.4 Å². The largest absolute Gasteiger partial charge is 0.762 e. The minimum absolute atomic E-state index is 0.137. The Morgan fingerprint density at radius 3 is 2.19 bits per heavy atom. The summed E-state index contributed by atoms with van der Waals surface area (Å²) < 4.78 is 4.54. The molecule has 0 saturated heterocycles. The number of carbonyl (C=O) groups is 1. The van der Waals surface area contributed by atoms with Crippen LogP contribution in [0.25, 0.3) is 0 Å². The van der Waals surface area contributed by atoms with Crippen molar-refractivity contribution in [3.63, 3.8) is 0 Å². The third-order valence-electron chi connectivity index (χ3n) is 2.40. The van der Waals surface area contributed by atoms with Gasteiger partial charge in [0.25, 0.3) is 0 Å². The van der Waals surface area contributed by atoms with Crippen molar-refractivity contribution in [3.05, 3.63) is 5.21 Å². The fraction of sp³-hybridized carbons (Fsp3) is 0.909. The molecule has 0 radical (unpaired) electrons. The van der Waals surface area contributed by atoms with Crippen LogP contribution in [0, 0.1) is 5.21 Å². The molecule has 96 valence electrons. The van der Waals surface area contributed by atoms with Crippen molar-refractivity contribution in [1.29, 1.82) is 0 Å². The van der Waals surface area contributed by atoms with E-state index in [2.05, 4.69) is 9.57 Å². The van der Waals surface area contributed by atoms with Gasteiger partial charge < -0.3 is 14.8 Å². The maximum absolute atomic E-state index is 10.8. The predicted octanol–water partition coefficient (Wildman–Crippen LogP) is 2.25. The molecule has 0 fully saturated rings. The molecule has 0 unspecified atom stereocenters. The molecule has 0 heterocycles. The molecule has 0 N–H and O–H groups in total. The summed E-state index contributed by atoms with van der Waals surface area (Å²) in [6.45, 7) is 0.429. The molecule has 16 heavy (non-hydrogen) atoms. The van der Waals surface area contributed by atoms with E-state index in [1.54, 1.807) is 0 Å². The Labute approximate surface area is 97.2 Å². The van der Waals surface area contributed by atoms with Gasteiger partial charge in [-0.15, -0.1) is 0 Å². The van der Waals surface area contributed by atoms with Crippen molar-refractivity contribution in [2.45, 2.75) is 44.9 Å². The first-order chi connectivity index (χ1) is 7.70. The molecular formula is C11H22NO4-. The minimum atomic E-state index is -0.137. The minimum Gasteiger partial charge on any atom is -0.762 e. The average Bonchev–Trinajstić information content (AvgIpc) is 2.31. The van der Waals surface area contributed by atoms with Gasteiger partial charge in [-0.25, -0.2) is 0 Å². The summed E-state index contributed by atoms with van der Waals surface area (Å²) in [7, 11) is 2.78. The van der Waals surface area contributed by atoms with Gasteiger partial charge in [-0.05, 0) is 12.8 Å². The molecule has 0 amide bonds. The monoisotopic (exact) mass is 232 g/mol. The second-order valence-electron chi connectivity index (χ2n) is 3.69. The van der Waals surface area contributed by atoms with Crippen molar-refractivity contribution >= 4 is 5.97 Å². The summed E-state index contributed by atoms with van der Waals surface area (Å²) in [6, 6.07) is 0. The SMILES string of the molecule is COC(=O)CCCCCCCCN([O-])OC. The smallest absolute Gasteiger partial charge is 0.305 e. The van der Waals surface area contributed by atoms with Crippen molar-refractivity contribution in [2.24, 2.45) is 0 Å². The summed E-state index contributed by atoms with van der Waals surface area (Å²) >= 11 is 0. The molecule has 5 nitrogen and oxygen atoms in total. The molecule has 0 saturated carbocycles. The van der Waals surface area contributed by atoms with Gasteiger partial charge in [0.2, 0.25) is 0 Å². The number of hydroxylamine groups is 2. The Hall–Kier alpha value is -0.650. The number of carbonyl (C=O) groups excluding carboxylic acids is 1. The van der Waals surface area contributed by atoms with Gasteiger partial charge in [-0.1, -0.05) is 25.7 Å². The Morgan fingerprint density at radius 1 is 1.06 bits per heavy atom. The first-order valence-corrected chi connectivity index (χ1v) is 5.76. The number of rotatable bonds is 10. The summed E-state index contributed by atoms with van der Waals surface area (Å²) in [5.74, 6) is -0.137. The normalized spacial score (nSPS) is 10.8. The Balaban J connectivity index is 3.07.